The average Bonchev–Trinajstić information content (AvgIpc) is 3.58. The van der Waals surface area contributed by atoms with E-state index in [-0.39, 0.29) is 17.2 Å². The second-order valence-electron chi connectivity index (χ2n) is 11.0. The maximum Gasteiger partial charge on any atom is 0.319 e. The molecule has 6 aromatic rings. The number of hydrogen-bond donors (Lipinski definition) is 1. The molecule has 2 bridgehead atoms. The van der Waals surface area contributed by atoms with Gasteiger partial charge in [-0.2, -0.15) is 9.97 Å². The molecule has 2 unspecified atom stereocenters. The summed E-state index contributed by atoms with van der Waals surface area (Å²) in [4.78, 5) is 20.9. The monoisotopic (exact) mass is 579 g/mol. The van der Waals surface area contributed by atoms with E-state index in [1.54, 1.807) is 12.3 Å². The van der Waals surface area contributed by atoms with Crippen LogP contribution in [0.25, 0.3) is 38.6 Å². The first-order valence-corrected chi connectivity index (χ1v) is 14.6. The molecule has 8 rings (SSSR count). The van der Waals surface area contributed by atoms with E-state index in [0.29, 0.717) is 46.9 Å². The first-order chi connectivity index (χ1) is 20.6. The number of anilines is 1. The van der Waals surface area contributed by atoms with E-state index in [9.17, 15) is 0 Å². The highest BCUT2D eigenvalue weighted by Crippen LogP contribution is 2.38. The Morgan fingerprint density at radius 3 is 2.64 bits per heavy atom. The van der Waals surface area contributed by atoms with E-state index < -0.39 is 5.82 Å². The van der Waals surface area contributed by atoms with E-state index in [0.717, 1.165) is 48.0 Å². The minimum Gasteiger partial charge on any atom is -0.463 e. The Kier molecular flexibility index (Phi) is 6.15. The molecule has 4 aromatic heterocycles. The number of hydrogen-bond acceptors (Lipinski definition) is 7. The number of aromatic nitrogens is 5. The van der Waals surface area contributed by atoms with Gasteiger partial charge in [0.25, 0.3) is 0 Å². The van der Waals surface area contributed by atoms with Crippen LogP contribution < -0.4 is 15.0 Å². The molecule has 0 aliphatic carbocycles. The van der Waals surface area contributed by atoms with Gasteiger partial charge in [0.1, 0.15) is 22.7 Å². The molecule has 10 heteroatoms. The van der Waals surface area contributed by atoms with Crippen molar-refractivity contribution in [1.29, 1.82) is 0 Å². The number of halogens is 2. The van der Waals surface area contributed by atoms with Crippen LogP contribution in [0, 0.1) is 5.82 Å². The third kappa shape index (κ3) is 4.40. The van der Waals surface area contributed by atoms with E-state index in [2.05, 4.69) is 25.2 Å². The maximum atomic E-state index is 16.5. The predicted molar refractivity (Wildman–Crippen MR) is 162 cm³/mol. The van der Waals surface area contributed by atoms with Gasteiger partial charge in [0.15, 0.2) is 5.82 Å². The standard InChI is InChI=1S/C32H27ClFN7O/c33-25-8-4-6-19-5-3-7-23(27(19)25)29-28(34)30-24(15-35-29)31(41-17-20-10-11-21(18-41)36-20)39-32(38-30)42-14-12-22-16-40-13-2-1-9-26(40)37-22/h1-9,13,15-16,20-21,36H,10-12,14,17-18H2. The number of imidazole rings is 1. The fourth-order valence-corrected chi connectivity index (χ4v) is 6.62. The molecule has 1 N–H and O–H groups in total. The van der Waals surface area contributed by atoms with Gasteiger partial charge in [-0.15, -0.1) is 0 Å². The number of nitrogens with one attached hydrogen (secondary N) is 1. The summed E-state index contributed by atoms with van der Waals surface area (Å²) in [5, 5.41) is 6.43. The Bertz CT molecular complexity index is 1930. The van der Waals surface area contributed by atoms with Crippen molar-refractivity contribution in [2.24, 2.45) is 0 Å². The lowest BCUT2D eigenvalue weighted by Crippen LogP contribution is -2.51. The molecule has 0 amide bonds. The van der Waals surface area contributed by atoms with Crippen LogP contribution in [0.4, 0.5) is 10.2 Å². The number of pyridine rings is 2. The third-order valence-corrected chi connectivity index (χ3v) is 8.59. The van der Waals surface area contributed by atoms with Crippen molar-refractivity contribution < 1.29 is 9.13 Å². The number of ether oxygens (including phenoxy) is 1. The lowest BCUT2D eigenvalue weighted by atomic mass is 10.0. The van der Waals surface area contributed by atoms with Crippen LogP contribution in [0.1, 0.15) is 18.5 Å². The number of benzene rings is 2. The van der Waals surface area contributed by atoms with Gasteiger partial charge < -0.3 is 19.4 Å². The molecule has 8 nitrogen and oxygen atoms in total. The summed E-state index contributed by atoms with van der Waals surface area (Å²) in [6, 6.07) is 18.1. The van der Waals surface area contributed by atoms with Crippen molar-refractivity contribution in [1.82, 2.24) is 29.7 Å². The van der Waals surface area contributed by atoms with Crippen LogP contribution in [-0.4, -0.2) is 56.1 Å². The highest BCUT2D eigenvalue weighted by atomic mass is 35.5. The van der Waals surface area contributed by atoms with E-state index in [1.165, 1.54) is 0 Å². The van der Waals surface area contributed by atoms with Crippen LogP contribution in [-0.2, 0) is 6.42 Å². The van der Waals surface area contributed by atoms with Crippen LogP contribution in [0.5, 0.6) is 6.01 Å². The van der Waals surface area contributed by atoms with Gasteiger partial charge in [-0.25, -0.2) is 9.37 Å². The Morgan fingerprint density at radius 2 is 1.81 bits per heavy atom. The van der Waals surface area contributed by atoms with Crippen LogP contribution in [0.15, 0.2) is 73.2 Å². The maximum absolute atomic E-state index is 16.5. The number of piperazine rings is 1. The number of nitrogens with zero attached hydrogens (tertiary/aromatic N) is 6. The van der Waals surface area contributed by atoms with Crippen LogP contribution in [0.2, 0.25) is 5.02 Å². The normalized spacial score (nSPS) is 18.4. The average molecular weight is 580 g/mol. The smallest absolute Gasteiger partial charge is 0.319 e. The Morgan fingerprint density at radius 1 is 0.976 bits per heavy atom. The first-order valence-electron chi connectivity index (χ1n) is 14.2. The van der Waals surface area contributed by atoms with E-state index >= 15 is 4.39 Å². The van der Waals surface area contributed by atoms with Gasteiger partial charge in [-0.05, 0) is 36.4 Å². The second kappa shape index (κ2) is 10.2. The minimum absolute atomic E-state index is 0.138. The first kappa shape index (κ1) is 25.4. The Labute approximate surface area is 246 Å². The fourth-order valence-electron chi connectivity index (χ4n) is 6.33. The zero-order valence-electron chi connectivity index (χ0n) is 22.7. The van der Waals surface area contributed by atoms with Crippen molar-refractivity contribution in [3.05, 3.63) is 89.7 Å². The molecule has 6 heterocycles. The van der Waals surface area contributed by atoms with Crippen molar-refractivity contribution in [3.63, 3.8) is 0 Å². The summed E-state index contributed by atoms with van der Waals surface area (Å²) in [6.07, 6.45) is 8.42. The Hall–Kier alpha value is -4.34. The van der Waals surface area contributed by atoms with Crippen molar-refractivity contribution in [2.45, 2.75) is 31.3 Å². The van der Waals surface area contributed by atoms with Crippen LogP contribution in [0.3, 0.4) is 0 Å². The zero-order valence-corrected chi connectivity index (χ0v) is 23.4. The molecule has 0 saturated carbocycles. The molecule has 2 aromatic carbocycles. The minimum atomic E-state index is -0.521. The molecular weight excluding hydrogens is 553 g/mol. The van der Waals surface area contributed by atoms with Gasteiger partial charge in [-0.1, -0.05) is 48.0 Å². The van der Waals surface area contributed by atoms with E-state index in [1.807, 2.05) is 65.3 Å². The van der Waals surface area contributed by atoms with Crippen molar-refractivity contribution in [2.75, 3.05) is 24.6 Å². The largest absolute Gasteiger partial charge is 0.463 e. The number of fused-ring (bicyclic) bond motifs is 5. The molecule has 0 spiro atoms. The second-order valence-corrected chi connectivity index (χ2v) is 11.4. The Balaban J connectivity index is 1.20. The van der Waals surface area contributed by atoms with Gasteiger partial charge in [0.05, 0.1) is 17.7 Å². The van der Waals surface area contributed by atoms with E-state index in [4.69, 9.17) is 21.3 Å². The predicted octanol–water partition coefficient (Wildman–Crippen LogP) is 5.85. The molecule has 2 atom stereocenters. The summed E-state index contributed by atoms with van der Waals surface area (Å²) >= 11 is 6.59. The topological polar surface area (TPSA) is 80.5 Å². The van der Waals surface area contributed by atoms with Gasteiger partial charge in [0.2, 0.25) is 0 Å². The van der Waals surface area contributed by atoms with Gasteiger partial charge in [0, 0.05) is 66.2 Å². The highest BCUT2D eigenvalue weighted by molar-refractivity contribution is 6.36. The lowest BCUT2D eigenvalue weighted by Gasteiger charge is -2.34. The highest BCUT2D eigenvalue weighted by Gasteiger charge is 2.34. The number of rotatable bonds is 6. The van der Waals surface area contributed by atoms with Crippen LogP contribution >= 0.6 is 11.6 Å². The summed E-state index contributed by atoms with van der Waals surface area (Å²) in [6.45, 7) is 1.87. The van der Waals surface area contributed by atoms with Gasteiger partial charge in [-0.3, -0.25) is 4.98 Å². The molecule has 42 heavy (non-hydrogen) atoms. The molecular formula is C32H27ClFN7O. The molecule has 210 valence electrons. The molecule has 2 saturated heterocycles. The quantitative estimate of drug-likeness (QED) is 0.265. The molecule has 2 aliphatic heterocycles. The summed E-state index contributed by atoms with van der Waals surface area (Å²) in [5.41, 5.74) is 2.77. The third-order valence-electron chi connectivity index (χ3n) is 8.27. The molecule has 2 fully saturated rings. The SMILES string of the molecule is Fc1c(-c2cccc3cccc(Cl)c23)ncc2c(N3CC4CCC(C3)N4)nc(OCCc3cn4ccccc4n3)nc12. The molecule has 2 aliphatic rings. The summed E-state index contributed by atoms with van der Waals surface area (Å²) < 4.78 is 24.6. The van der Waals surface area contributed by atoms with Crippen molar-refractivity contribution >= 4 is 44.7 Å². The van der Waals surface area contributed by atoms with Crippen molar-refractivity contribution in [3.8, 4) is 17.3 Å². The summed E-state index contributed by atoms with van der Waals surface area (Å²) in [7, 11) is 0. The summed E-state index contributed by atoms with van der Waals surface area (Å²) in [5.74, 6) is 0.127. The fraction of sp³-hybridized carbons (Fsp3) is 0.250. The lowest BCUT2D eigenvalue weighted by molar-refractivity contribution is 0.296. The molecule has 0 radical (unpaired) electrons. The van der Waals surface area contributed by atoms with Gasteiger partial charge >= 0.3 is 6.01 Å². The zero-order chi connectivity index (χ0) is 28.2.